The quantitative estimate of drug-likeness (QED) is 0.512. The molecule has 2 rings (SSSR count). The van der Waals surface area contributed by atoms with Gasteiger partial charge in [-0.15, -0.1) is 0 Å². The van der Waals surface area contributed by atoms with Gasteiger partial charge in [0.2, 0.25) is 0 Å². The Morgan fingerprint density at radius 1 is 0.958 bits per heavy atom. The number of carbonyl (C=O) groups is 1. The Kier molecular flexibility index (Phi) is 4.95. The molecule has 0 aliphatic rings. The van der Waals surface area contributed by atoms with Crippen molar-refractivity contribution in [1.82, 2.24) is 5.43 Å². The van der Waals surface area contributed by atoms with E-state index in [1.54, 1.807) is 13.0 Å². The van der Waals surface area contributed by atoms with Crippen molar-refractivity contribution in [2.75, 3.05) is 0 Å². The van der Waals surface area contributed by atoms with Crippen molar-refractivity contribution in [3.63, 3.8) is 0 Å². The third-order valence-electron chi connectivity index (χ3n) is 3.12. The number of amides is 1. The van der Waals surface area contributed by atoms with Crippen LogP contribution in [0.25, 0.3) is 0 Å². The number of hydrogen-bond donors (Lipinski definition) is 1. The maximum Gasteiger partial charge on any atom is 0.271 e. The minimum atomic E-state index is -0.622. The van der Waals surface area contributed by atoms with Gasteiger partial charge in [-0.2, -0.15) is 5.10 Å². The lowest BCUT2D eigenvalue weighted by Crippen LogP contribution is -2.19. The van der Waals surface area contributed by atoms with E-state index in [1.165, 1.54) is 36.4 Å². The number of non-ortho nitro benzene ring substituents is 2. The second kappa shape index (κ2) is 7.09. The zero-order valence-electron chi connectivity index (χ0n) is 12.5. The predicted octanol–water partition coefficient (Wildman–Crippen LogP) is 2.66. The predicted molar refractivity (Wildman–Crippen MR) is 85.9 cm³/mol. The number of hydrogen-bond acceptors (Lipinski definition) is 6. The third-order valence-corrected chi connectivity index (χ3v) is 3.12. The van der Waals surface area contributed by atoms with E-state index < -0.39 is 15.8 Å². The van der Waals surface area contributed by atoms with Gasteiger partial charge in [-0.3, -0.25) is 25.0 Å². The number of carbonyl (C=O) groups excluding carboxylic acids is 1. The summed E-state index contributed by atoms with van der Waals surface area (Å²) < 4.78 is 0. The molecule has 0 heterocycles. The number of nitro groups is 2. The van der Waals surface area contributed by atoms with Crippen LogP contribution in [0.5, 0.6) is 0 Å². The van der Waals surface area contributed by atoms with Gasteiger partial charge in [0.1, 0.15) is 0 Å². The Bertz CT molecular complexity index is 847. The molecule has 0 radical (unpaired) electrons. The summed E-state index contributed by atoms with van der Waals surface area (Å²) in [6, 6.07) is 11.0. The van der Waals surface area contributed by atoms with Crippen LogP contribution in [-0.2, 0) is 0 Å². The first-order valence-electron chi connectivity index (χ1n) is 6.72. The first kappa shape index (κ1) is 16.7. The Hall–Kier alpha value is -3.62. The summed E-state index contributed by atoms with van der Waals surface area (Å²) in [5.41, 5.74) is 2.89. The van der Waals surface area contributed by atoms with Crippen molar-refractivity contribution in [3.05, 3.63) is 79.9 Å². The van der Waals surface area contributed by atoms with Crippen LogP contribution >= 0.6 is 0 Å². The molecule has 9 nitrogen and oxygen atoms in total. The fourth-order valence-electron chi connectivity index (χ4n) is 1.87. The van der Waals surface area contributed by atoms with Gasteiger partial charge in [-0.25, -0.2) is 5.43 Å². The van der Waals surface area contributed by atoms with Gasteiger partial charge >= 0.3 is 0 Å². The lowest BCUT2D eigenvalue weighted by atomic mass is 10.1. The molecule has 0 saturated heterocycles. The van der Waals surface area contributed by atoms with Crippen LogP contribution in [0.2, 0.25) is 0 Å². The molecule has 1 amide bonds. The van der Waals surface area contributed by atoms with Crippen molar-refractivity contribution < 1.29 is 14.6 Å². The van der Waals surface area contributed by atoms with Crippen LogP contribution in [0.3, 0.4) is 0 Å². The second-order valence-electron chi connectivity index (χ2n) is 4.75. The van der Waals surface area contributed by atoms with Gasteiger partial charge in [-0.1, -0.05) is 18.2 Å². The van der Waals surface area contributed by atoms with Gasteiger partial charge < -0.3 is 0 Å². The van der Waals surface area contributed by atoms with Crippen LogP contribution in [0, 0.1) is 20.2 Å². The molecule has 0 aliphatic carbocycles. The molecule has 9 heteroatoms. The summed E-state index contributed by atoms with van der Waals surface area (Å²) in [6.07, 6.45) is 0. The molecule has 0 atom stereocenters. The van der Waals surface area contributed by atoms with Crippen molar-refractivity contribution in [1.29, 1.82) is 0 Å². The van der Waals surface area contributed by atoms with Gasteiger partial charge in [0.05, 0.1) is 15.6 Å². The van der Waals surface area contributed by atoms with Gasteiger partial charge in [0, 0.05) is 35.4 Å². The van der Waals surface area contributed by atoms with E-state index in [1.807, 2.05) is 0 Å². The van der Waals surface area contributed by atoms with Crippen LogP contribution in [0.15, 0.2) is 53.6 Å². The molecular formula is C15H12N4O5. The summed E-state index contributed by atoms with van der Waals surface area (Å²) >= 11 is 0. The minimum Gasteiger partial charge on any atom is -0.267 e. The number of nitrogens with zero attached hydrogens (tertiary/aromatic N) is 3. The van der Waals surface area contributed by atoms with E-state index in [4.69, 9.17) is 0 Å². The SMILES string of the molecule is C/C(=N\NC(=O)c1cccc([N+](=O)[O-])c1)c1cccc([N+](=O)[O-])c1. The van der Waals surface area contributed by atoms with E-state index in [9.17, 15) is 25.0 Å². The van der Waals surface area contributed by atoms with Crippen LogP contribution in [-0.4, -0.2) is 21.5 Å². The molecule has 0 spiro atoms. The molecule has 2 aromatic rings. The lowest BCUT2D eigenvalue weighted by molar-refractivity contribution is -0.385. The van der Waals surface area contributed by atoms with Crippen LogP contribution in [0.1, 0.15) is 22.8 Å². The molecular weight excluding hydrogens is 316 g/mol. The van der Waals surface area contributed by atoms with Crippen molar-refractivity contribution in [3.8, 4) is 0 Å². The number of nitrogens with one attached hydrogen (secondary N) is 1. The van der Waals surface area contributed by atoms with E-state index in [0.29, 0.717) is 11.3 Å². The summed E-state index contributed by atoms with van der Waals surface area (Å²) in [7, 11) is 0. The average molecular weight is 328 g/mol. The highest BCUT2D eigenvalue weighted by molar-refractivity contribution is 6.01. The van der Waals surface area contributed by atoms with E-state index in [0.717, 1.165) is 6.07 Å². The molecule has 122 valence electrons. The highest BCUT2D eigenvalue weighted by Crippen LogP contribution is 2.14. The van der Waals surface area contributed by atoms with E-state index in [2.05, 4.69) is 10.5 Å². The highest BCUT2D eigenvalue weighted by atomic mass is 16.6. The topological polar surface area (TPSA) is 128 Å². The van der Waals surface area contributed by atoms with Crippen LogP contribution in [0.4, 0.5) is 11.4 Å². The van der Waals surface area contributed by atoms with Crippen molar-refractivity contribution >= 4 is 23.0 Å². The van der Waals surface area contributed by atoms with Crippen molar-refractivity contribution in [2.24, 2.45) is 5.10 Å². The normalized spacial score (nSPS) is 11.0. The zero-order chi connectivity index (χ0) is 17.7. The summed E-state index contributed by atoms with van der Waals surface area (Å²) in [5, 5.41) is 25.3. The first-order valence-corrected chi connectivity index (χ1v) is 6.72. The Labute approximate surface area is 135 Å². The molecule has 0 aliphatic heterocycles. The summed E-state index contributed by atoms with van der Waals surface area (Å²) in [5.74, 6) is -0.622. The fourth-order valence-corrected chi connectivity index (χ4v) is 1.87. The zero-order valence-corrected chi connectivity index (χ0v) is 12.5. The molecule has 24 heavy (non-hydrogen) atoms. The highest BCUT2D eigenvalue weighted by Gasteiger charge is 2.12. The lowest BCUT2D eigenvalue weighted by Gasteiger charge is -2.03. The molecule has 1 N–H and O–H groups in total. The number of nitro benzene ring substituents is 2. The Morgan fingerprint density at radius 3 is 2.00 bits per heavy atom. The minimum absolute atomic E-state index is 0.0831. The van der Waals surface area contributed by atoms with Gasteiger partial charge in [-0.05, 0) is 13.0 Å². The average Bonchev–Trinajstić information content (AvgIpc) is 2.59. The molecule has 0 unspecified atom stereocenters. The van der Waals surface area contributed by atoms with Gasteiger partial charge in [0.25, 0.3) is 17.3 Å². The largest absolute Gasteiger partial charge is 0.271 e. The third kappa shape index (κ3) is 3.97. The summed E-state index contributed by atoms with van der Waals surface area (Å²) in [4.78, 5) is 32.3. The molecule has 0 bridgehead atoms. The second-order valence-corrected chi connectivity index (χ2v) is 4.75. The standard InChI is InChI=1S/C15H12N4O5/c1-10(11-4-2-6-13(8-11)18(21)22)16-17-15(20)12-5-3-7-14(9-12)19(23)24/h2-9H,1H3,(H,17,20)/b16-10+. The number of hydrazone groups is 1. The van der Waals surface area contributed by atoms with E-state index in [-0.39, 0.29) is 16.9 Å². The molecule has 2 aromatic carbocycles. The Morgan fingerprint density at radius 2 is 1.46 bits per heavy atom. The monoisotopic (exact) mass is 328 g/mol. The molecule has 0 fully saturated rings. The first-order chi connectivity index (χ1) is 11.4. The van der Waals surface area contributed by atoms with E-state index >= 15 is 0 Å². The van der Waals surface area contributed by atoms with Crippen molar-refractivity contribution in [2.45, 2.75) is 6.92 Å². The maximum absolute atomic E-state index is 12.0. The van der Waals surface area contributed by atoms with Crippen LogP contribution < -0.4 is 5.43 Å². The fraction of sp³-hybridized carbons (Fsp3) is 0.0667. The van der Waals surface area contributed by atoms with Gasteiger partial charge in [0.15, 0.2) is 0 Å². The summed E-state index contributed by atoms with van der Waals surface area (Å²) in [6.45, 7) is 1.58. The number of rotatable bonds is 5. The Balaban J connectivity index is 2.16. The number of benzene rings is 2. The smallest absolute Gasteiger partial charge is 0.267 e. The molecule has 0 saturated carbocycles. The molecule has 0 aromatic heterocycles. The maximum atomic E-state index is 12.0.